The van der Waals surface area contributed by atoms with Gasteiger partial charge in [0.15, 0.2) is 0 Å². The molecule has 3 rings (SSSR count). The van der Waals surface area contributed by atoms with Crippen LogP contribution in [0.15, 0.2) is 0 Å². The quantitative estimate of drug-likeness (QED) is 0.776. The van der Waals surface area contributed by atoms with Crippen LogP contribution in [0.4, 0.5) is 0 Å². The Morgan fingerprint density at radius 2 is 1.50 bits per heavy atom. The van der Waals surface area contributed by atoms with Crippen LogP contribution in [0, 0.1) is 11.8 Å². The van der Waals surface area contributed by atoms with Crippen molar-refractivity contribution in [3.8, 4) is 0 Å². The van der Waals surface area contributed by atoms with E-state index in [-0.39, 0.29) is 11.5 Å². The predicted molar refractivity (Wildman–Crippen MR) is 99.0 cm³/mol. The van der Waals surface area contributed by atoms with Crippen LogP contribution < -0.4 is 0 Å². The molecule has 2 saturated heterocycles. The van der Waals surface area contributed by atoms with Gasteiger partial charge in [0.25, 0.3) is 0 Å². The molecule has 3 aliphatic rings. The number of hydrogen-bond donors (Lipinski definition) is 0. The molecule has 0 aromatic carbocycles. The number of piperazine rings is 1. The fraction of sp³-hybridized carbons (Fsp3) is 0.950. The summed E-state index contributed by atoms with van der Waals surface area (Å²) in [5.41, 5.74) is 0.186. The highest BCUT2D eigenvalue weighted by Gasteiger charge is 2.37. The lowest BCUT2D eigenvalue weighted by Crippen LogP contribution is -2.54. The molecule has 3 fully saturated rings. The van der Waals surface area contributed by atoms with Crippen molar-refractivity contribution in [3.63, 3.8) is 0 Å². The van der Waals surface area contributed by atoms with Gasteiger partial charge in [-0.2, -0.15) is 0 Å². The fourth-order valence-electron chi connectivity index (χ4n) is 4.74. The third kappa shape index (κ3) is 4.13. The second-order valence-electron chi connectivity index (χ2n) is 9.38. The largest absolute Gasteiger partial charge is 0.340 e. The van der Waals surface area contributed by atoms with Gasteiger partial charge in [0.2, 0.25) is 5.91 Å². The molecule has 138 valence electrons. The average molecular weight is 336 g/mol. The van der Waals surface area contributed by atoms with Gasteiger partial charge in [-0.05, 0) is 65.3 Å². The van der Waals surface area contributed by atoms with E-state index in [1.165, 1.54) is 25.7 Å². The van der Waals surface area contributed by atoms with Gasteiger partial charge in [-0.1, -0.05) is 6.92 Å². The Morgan fingerprint density at radius 3 is 2.04 bits per heavy atom. The van der Waals surface area contributed by atoms with Crippen LogP contribution in [0.2, 0.25) is 0 Å². The van der Waals surface area contributed by atoms with E-state index in [4.69, 9.17) is 0 Å². The van der Waals surface area contributed by atoms with Crippen molar-refractivity contribution < 1.29 is 4.79 Å². The molecule has 1 amide bonds. The fourth-order valence-corrected chi connectivity index (χ4v) is 4.74. The third-order valence-corrected chi connectivity index (χ3v) is 6.61. The van der Waals surface area contributed by atoms with Gasteiger partial charge >= 0.3 is 0 Å². The van der Waals surface area contributed by atoms with Crippen LogP contribution in [0.5, 0.6) is 0 Å². The minimum Gasteiger partial charge on any atom is -0.340 e. The molecule has 0 unspecified atom stereocenters. The highest BCUT2D eigenvalue weighted by atomic mass is 16.2. The van der Waals surface area contributed by atoms with E-state index < -0.39 is 0 Å². The summed E-state index contributed by atoms with van der Waals surface area (Å²) in [5.74, 6) is 1.56. The van der Waals surface area contributed by atoms with Gasteiger partial charge in [-0.3, -0.25) is 14.6 Å². The number of likely N-dealkylation sites (tertiary alicyclic amines) is 1. The van der Waals surface area contributed by atoms with Crippen LogP contribution in [0.1, 0.15) is 59.8 Å². The normalized spacial score (nSPS) is 33.8. The van der Waals surface area contributed by atoms with Crippen molar-refractivity contribution in [2.75, 3.05) is 39.3 Å². The van der Waals surface area contributed by atoms with Gasteiger partial charge in [-0.25, -0.2) is 0 Å². The first-order valence-electron chi connectivity index (χ1n) is 10.1. The Bertz CT molecular complexity index is 429. The maximum absolute atomic E-state index is 12.9. The summed E-state index contributed by atoms with van der Waals surface area (Å²) in [6.07, 6.45) is 6.52. The van der Waals surface area contributed by atoms with E-state index in [0.717, 1.165) is 57.6 Å². The molecule has 0 radical (unpaired) electrons. The number of hydrogen-bond acceptors (Lipinski definition) is 3. The summed E-state index contributed by atoms with van der Waals surface area (Å²) in [5, 5.41) is 0. The van der Waals surface area contributed by atoms with Crippen LogP contribution >= 0.6 is 0 Å². The number of carbonyl (C=O) groups is 1. The molecule has 0 spiro atoms. The Hall–Kier alpha value is -0.610. The van der Waals surface area contributed by atoms with Crippen molar-refractivity contribution in [1.82, 2.24) is 14.7 Å². The smallest absolute Gasteiger partial charge is 0.227 e. The first-order chi connectivity index (χ1) is 11.3. The van der Waals surface area contributed by atoms with Crippen molar-refractivity contribution in [2.45, 2.75) is 71.4 Å². The molecular formula is C20H37N3O. The Morgan fingerprint density at radius 1 is 0.875 bits per heavy atom. The maximum atomic E-state index is 12.9. The van der Waals surface area contributed by atoms with E-state index in [2.05, 4.69) is 42.4 Å². The summed E-state index contributed by atoms with van der Waals surface area (Å²) in [4.78, 5) is 20.2. The molecule has 24 heavy (non-hydrogen) atoms. The van der Waals surface area contributed by atoms with Crippen molar-refractivity contribution >= 4 is 5.91 Å². The van der Waals surface area contributed by atoms with Gasteiger partial charge < -0.3 is 4.90 Å². The van der Waals surface area contributed by atoms with Gasteiger partial charge in [0.05, 0.1) is 5.92 Å². The third-order valence-electron chi connectivity index (χ3n) is 6.61. The molecule has 4 nitrogen and oxygen atoms in total. The molecule has 1 saturated carbocycles. The van der Waals surface area contributed by atoms with Crippen LogP contribution in [0.25, 0.3) is 0 Å². The zero-order chi connectivity index (χ0) is 17.3. The summed E-state index contributed by atoms with van der Waals surface area (Å²) in [7, 11) is 0. The Kier molecular flexibility index (Phi) is 5.55. The second-order valence-corrected chi connectivity index (χ2v) is 9.38. The van der Waals surface area contributed by atoms with E-state index in [9.17, 15) is 4.79 Å². The molecule has 1 aliphatic carbocycles. The SMILES string of the molecule is CC1CCC(N2CCN(C(=O)[C@H]3CCN(C(C)(C)C)C3)CC2)CC1. The monoisotopic (exact) mass is 335 g/mol. The summed E-state index contributed by atoms with van der Waals surface area (Å²) < 4.78 is 0. The van der Waals surface area contributed by atoms with Crippen LogP contribution in [0.3, 0.4) is 0 Å². The molecule has 2 heterocycles. The molecule has 0 aromatic heterocycles. The zero-order valence-electron chi connectivity index (χ0n) is 16.3. The lowest BCUT2D eigenvalue weighted by Gasteiger charge is -2.42. The first kappa shape index (κ1) is 18.2. The highest BCUT2D eigenvalue weighted by Crippen LogP contribution is 2.29. The molecule has 4 heteroatoms. The van der Waals surface area contributed by atoms with Gasteiger partial charge in [0.1, 0.15) is 0 Å². The minimum absolute atomic E-state index is 0.186. The Labute approximate surface area is 148 Å². The number of rotatable bonds is 2. The van der Waals surface area contributed by atoms with Crippen LogP contribution in [-0.4, -0.2) is 71.5 Å². The Balaban J connectivity index is 1.46. The summed E-state index contributed by atoms with van der Waals surface area (Å²) in [6, 6.07) is 0.779. The van der Waals surface area contributed by atoms with E-state index >= 15 is 0 Å². The summed E-state index contributed by atoms with van der Waals surface area (Å²) >= 11 is 0. The lowest BCUT2D eigenvalue weighted by molar-refractivity contribution is -0.137. The van der Waals surface area contributed by atoms with E-state index in [1.807, 2.05) is 0 Å². The standard InChI is InChI=1S/C20H37N3O/c1-16-5-7-18(8-6-16)21-11-13-22(14-12-21)19(24)17-9-10-23(15-17)20(2,3)4/h16-18H,5-15H2,1-4H3/t16?,17-,18?/m0/s1. The lowest BCUT2D eigenvalue weighted by atomic mass is 9.86. The van der Waals surface area contributed by atoms with E-state index in [1.54, 1.807) is 0 Å². The molecule has 0 bridgehead atoms. The van der Waals surface area contributed by atoms with E-state index in [0.29, 0.717) is 5.91 Å². The van der Waals surface area contributed by atoms with Gasteiger partial charge in [-0.15, -0.1) is 0 Å². The predicted octanol–water partition coefficient (Wildman–Crippen LogP) is 2.83. The summed E-state index contributed by atoms with van der Waals surface area (Å²) in [6.45, 7) is 15.2. The highest BCUT2D eigenvalue weighted by molar-refractivity contribution is 5.79. The second kappa shape index (κ2) is 7.33. The van der Waals surface area contributed by atoms with Gasteiger partial charge in [0, 0.05) is 44.3 Å². The molecular weight excluding hydrogens is 298 g/mol. The minimum atomic E-state index is 0.186. The topological polar surface area (TPSA) is 26.8 Å². The number of carbonyl (C=O) groups excluding carboxylic acids is 1. The van der Waals surface area contributed by atoms with Crippen molar-refractivity contribution in [1.29, 1.82) is 0 Å². The maximum Gasteiger partial charge on any atom is 0.227 e. The molecule has 0 aromatic rings. The average Bonchev–Trinajstić information content (AvgIpc) is 3.05. The number of nitrogens with zero attached hydrogens (tertiary/aromatic N) is 3. The number of amides is 1. The van der Waals surface area contributed by atoms with Crippen molar-refractivity contribution in [2.24, 2.45) is 11.8 Å². The molecule has 2 aliphatic heterocycles. The first-order valence-corrected chi connectivity index (χ1v) is 10.1. The van der Waals surface area contributed by atoms with Crippen molar-refractivity contribution in [3.05, 3.63) is 0 Å². The molecule has 1 atom stereocenters. The molecule has 0 N–H and O–H groups in total. The van der Waals surface area contributed by atoms with Crippen LogP contribution in [-0.2, 0) is 4.79 Å². The zero-order valence-corrected chi connectivity index (χ0v) is 16.3.